The molecule has 1 amide bonds. The average molecular weight is 329 g/mol. The van der Waals surface area contributed by atoms with Crippen LogP contribution in [-0.4, -0.2) is 42.9 Å². The zero-order valence-electron chi connectivity index (χ0n) is 14.3. The van der Waals surface area contributed by atoms with Gasteiger partial charge in [-0.05, 0) is 26.7 Å². The number of aromatic amines is 1. The molecule has 24 heavy (non-hydrogen) atoms. The summed E-state index contributed by atoms with van der Waals surface area (Å²) in [5.74, 6) is 0.0140. The Morgan fingerprint density at radius 2 is 2.25 bits per heavy atom. The Labute approximate surface area is 141 Å². The van der Waals surface area contributed by atoms with Crippen molar-refractivity contribution in [1.29, 1.82) is 0 Å². The van der Waals surface area contributed by atoms with E-state index in [0.717, 1.165) is 36.1 Å². The van der Waals surface area contributed by atoms with Crippen molar-refractivity contribution in [3.63, 3.8) is 0 Å². The number of carbonyl (C=O) groups is 1. The first kappa shape index (κ1) is 15.4. The van der Waals surface area contributed by atoms with E-state index in [1.807, 2.05) is 38.2 Å². The van der Waals surface area contributed by atoms with E-state index in [2.05, 4.69) is 15.3 Å². The molecule has 1 aliphatic heterocycles. The number of hydrogen-bond acceptors (Lipinski definition) is 4. The Hall–Kier alpha value is -2.15. The number of carbonyl (C=O) groups excluding carboxylic acids is 1. The number of hydrogen-bond donors (Lipinski definition) is 1. The Kier molecular flexibility index (Phi) is 3.68. The molecule has 1 aliphatic carbocycles. The molecule has 1 saturated carbocycles. The summed E-state index contributed by atoms with van der Waals surface area (Å²) in [6.07, 6.45) is 6.68. The van der Waals surface area contributed by atoms with Crippen molar-refractivity contribution in [2.75, 3.05) is 0 Å². The lowest BCUT2D eigenvalue weighted by atomic mass is 9.99. The second-order valence-electron chi connectivity index (χ2n) is 6.94. The Morgan fingerprint density at radius 3 is 2.92 bits per heavy atom. The largest absolute Gasteiger partial charge is 0.369 e. The van der Waals surface area contributed by atoms with E-state index in [1.54, 1.807) is 4.68 Å². The molecule has 0 aromatic carbocycles. The maximum atomic E-state index is 13.2. The molecule has 128 valence electrons. The number of aryl methyl sites for hydroxylation is 1. The number of amides is 1. The fourth-order valence-electron chi connectivity index (χ4n) is 3.49. The zero-order valence-corrected chi connectivity index (χ0v) is 14.3. The van der Waals surface area contributed by atoms with E-state index in [1.165, 1.54) is 0 Å². The summed E-state index contributed by atoms with van der Waals surface area (Å²) in [5, 5.41) is 11.6. The monoisotopic (exact) mass is 329 g/mol. The number of H-pyrrole nitrogens is 1. The molecule has 0 saturated heterocycles. The number of fused-ring (bicyclic) bond motifs is 1. The molecule has 2 aromatic rings. The van der Waals surface area contributed by atoms with Gasteiger partial charge in [0.15, 0.2) is 5.69 Å². The summed E-state index contributed by atoms with van der Waals surface area (Å²) >= 11 is 0. The summed E-state index contributed by atoms with van der Waals surface area (Å²) in [6.45, 7) is 4.62. The summed E-state index contributed by atoms with van der Waals surface area (Å²) in [6, 6.07) is 0.319. The first-order valence-corrected chi connectivity index (χ1v) is 8.54. The lowest BCUT2D eigenvalue weighted by Crippen LogP contribution is -2.34. The second-order valence-corrected chi connectivity index (χ2v) is 6.94. The highest BCUT2D eigenvalue weighted by molar-refractivity contribution is 5.94. The fourth-order valence-corrected chi connectivity index (χ4v) is 3.49. The first-order chi connectivity index (χ1) is 11.5. The van der Waals surface area contributed by atoms with Crippen LogP contribution < -0.4 is 0 Å². The normalized spacial score (nSPS) is 23.1. The van der Waals surface area contributed by atoms with Crippen molar-refractivity contribution >= 4 is 5.91 Å². The van der Waals surface area contributed by atoms with Crippen molar-refractivity contribution in [2.24, 2.45) is 7.05 Å². The molecule has 0 spiro atoms. The number of nitrogens with one attached hydrogen (secondary N) is 1. The quantitative estimate of drug-likeness (QED) is 0.930. The van der Waals surface area contributed by atoms with E-state index in [9.17, 15) is 4.79 Å². The molecule has 0 bridgehead atoms. The highest BCUT2D eigenvalue weighted by Gasteiger charge is 2.37. The van der Waals surface area contributed by atoms with Crippen LogP contribution in [0.25, 0.3) is 0 Å². The smallest absolute Gasteiger partial charge is 0.275 e. The summed E-state index contributed by atoms with van der Waals surface area (Å²) in [7, 11) is 1.89. The van der Waals surface area contributed by atoms with E-state index in [4.69, 9.17) is 4.74 Å². The van der Waals surface area contributed by atoms with Gasteiger partial charge in [0.25, 0.3) is 5.91 Å². The van der Waals surface area contributed by atoms with Crippen LogP contribution >= 0.6 is 0 Å². The molecule has 4 rings (SSSR count). The van der Waals surface area contributed by atoms with Crippen molar-refractivity contribution in [1.82, 2.24) is 24.9 Å². The van der Waals surface area contributed by atoms with Crippen LogP contribution in [0.2, 0.25) is 0 Å². The van der Waals surface area contributed by atoms with Crippen LogP contribution in [0.1, 0.15) is 60.1 Å². The third-order valence-corrected chi connectivity index (χ3v) is 4.80. The van der Waals surface area contributed by atoms with Crippen molar-refractivity contribution in [2.45, 2.75) is 57.9 Å². The van der Waals surface area contributed by atoms with E-state index < -0.39 is 0 Å². The number of nitrogens with zero attached hydrogens (tertiary/aromatic N) is 4. The standard InChI is InChI=1S/C17H23N5O2/c1-10-6-14-15(11(2)24-10)19-20-16(14)17(23)22(13-4-5-13)9-12-7-18-21(3)8-12/h7-8,10-11,13H,4-6,9H2,1-3H3,(H,19,20)/t10-,11+/m1/s1. The lowest BCUT2D eigenvalue weighted by Gasteiger charge is -2.26. The van der Waals surface area contributed by atoms with Gasteiger partial charge in [0.05, 0.1) is 24.1 Å². The Bertz CT molecular complexity index is 761. The molecule has 2 atom stereocenters. The molecule has 7 nitrogen and oxygen atoms in total. The molecule has 7 heteroatoms. The van der Waals surface area contributed by atoms with Gasteiger partial charge in [0, 0.05) is 43.4 Å². The second kappa shape index (κ2) is 5.73. The van der Waals surface area contributed by atoms with Crippen LogP contribution in [0.15, 0.2) is 12.4 Å². The van der Waals surface area contributed by atoms with Crippen LogP contribution in [0.3, 0.4) is 0 Å². The number of aromatic nitrogens is 4. The molecule has 1 N–H and O–H groups in total. The van der Waals surface area contributed by atoms with E-state index in [0.29, 0.717) is 18.3 Å². The van der Waals surface area contributed by atoms with Crippen LogP contribution in [0.4, 0.5) is 0 Å². The zero-order chi connectivity index (χ0) is 16.8. The van der Waals surface area contributed by atoms with Gasteiger partial charge in [0.1, 0.15) is 0 Å². The lowest BCUT2D eigenvalue weighted by molar-refractivity contribution is -0.00702. The van der Waals surface area contributed by atoms with Crippen molar-refractivity contribution in [3.05, 3.63) is 34.9 Å². The molecule has 0 radical (unpaired) electrons. The first-order valence-electron chi connectivity index (χ1n) is 8.54. The maximum absolute atomic E-state index is 13.2. The van der Waals surface area contributed by atoms with Gasteiger partial charge in [-0.25, -0.2) is 0 Å². The molecule has 1 fully saturated rings. The molecule has 2 aliphatic rings. The van der Waals surface area contributed by atoms with E-state index in [-0.39, 0.29) is 18.1 Å². The molecule has 0 unspecified atom stereocenters. The molecular weight excluding hydrogens is 306 g/mol. The topological polar surface area (TPSA) is 76.0 Å². The summed E-state index contributed by atoms with van der Waals surface area (Å²) in [5.41, 5.74) is 3.56. The highest BCUT2D eigenvalue weighted by Crippen LogP contribution is 2.33. The Morgan fingerprint density at radius 1 is 1.46 bits per heavy atom. The minimum absolute atomic E-state index is 0.0140. The third-order valence-electron chi connectivity index (χ3n) is 4.80. The minimum Gasteiger partial charge on any atom is -0.369 e. The van der Waals surface area contributed by atoms with Gasteiger partial charge < -0.3 is 9.64 Å². The van der Waals surface area contributed by atoms with Crippen molar-refractivity contribution in [3.8, 4) is 0 Å². The summed E-state index contributed by atoms with van der Waals surface area (Å²) < 4.78 is 7.58. The van der Waals surface area contributed by atoms with Crippen LogP contribution in [0, 0.1) is 0 Å². The van der Waals surface area contributed by atoms with Gasteiger partial charge >= 0.3 is 0 Å². The fraction of sp³-hybridized carbons (Fsp3) is 0.588. The van der Waals surface area contributed by atoms with Crippen LogP contribution in [0.5, 0.6) is 0 Å². The SMILES string of the molecule is C[C@@H]1Cc2c(C(=O)N(Cc3cnn(C)c3)C3CC3)n[nH]c2[C@H](C)O1. The van der Waals surface area contributed by atoms with Gasteiger partial charge in [-0.3, -0.25) is 14.6 Å². The van der Waals surface area contributed by atoms with Gasteiger partial charge in [-0.2, -0.15) is 10.2 Å². The third kappa shape index (κ3) is 2.73. The minimum atomic E-state index is -0.0505. The van der Waals surface area contributed by atoms with Gasteiger partial charge in [0.2, 0.25) is 0 Å². The van der Waals surface area contributed by atoms with E-state index >= 15 is 0 Å². The van der Waals surface area contributed by atoms with Crippen LogP contribution in [-0.2, 0) is 24.8 Å². The Balaban J connectivity index is 1.62. The maximum Gasteiger partial charge on any atom is 0.275 e. The number of rotatable bonds is 4. The predicted octanol–water partition coefficient (Wildman–Crippen LogP) is 1.97. The highest BCUT2D eigenvalue weighted by atomic mass is 16.5. The van der Waals surface area contributed by atoms with Crippen molar-refractivity contribution < 1.29 is 9.53 Å². The predicted molar refractivity (Wildman–Crippen MR) is 87.4 cm³/mol. The average Bonchev–Trinajstić information content (AvgIpc) is 3.15. The molecule has 2 aromatic heterocycles. The molecule has 3 heterocycles. The van der Waals surface area contributed by atoms with Gasteiger partial charge in [-0.15, -0.1) is 0 Å². The van der Waals surface area contributed by atoms with Gasteiger partial charge in [-0.1, -0.05) is 0 Å². The number of ether oxygens (including phenoxy) is 1. The summed E-state index contributed by atoms with van der Waals surface area (Å²) in [4.78, 5) is 15.1. The molecular formula is C17H23N5O2.